The molecule has 56 heavy (non-hydrogen) atoms. The van der Waals surface area contributed by atoms with Crippen molar-refractivity contribution >= 4 is 75.3 Å². The molecule has 6 unspecified atom stereocenters. The summed E-state index contributed by atoms with van der Waals surface area (Å²) in [6.07, 6.45) is 0.325. The lowest BCUT2D eigenvalue weighted by Gasteiger charge is -2.50. The van der Waals surface area contributed by atoms with Crippen LogP contribution in [0.15, 0.2) is 42.0 Å². The van der Waals surface area contributed by atoms with Crippen molar-refractivity contribution in [1.82, 2.24) is 0 Å². The van der Waals surface area contributed by atoms with Crippen molar-refractivity contribution in [3.8, 4) is 5.75 Å². The topological polar surface area (TPSA) is 185 Å². The molecule has 4 amide bonds. The molecule has 2 saturated heterocycles. The molecule has 0 aromatic heterocycles. The molecule has 2 heterocycles. The van der Waals surface area contributed by atoms with Gasteiger partial charge in [0.25, 0.3) is 11.8 Å². The van der Waals surface area contributed by atoms with Crippen molar-refractivity contribution in [2.75, 3.05) is 28.8 Å². The maximum Gasteiger partial charge on any atom is 0.301 e. The zero-order valence-electron chi connectivity index (χ0n) is 28.8. The highest BCUT2D eigenvalue weighted by Crippen LogP contribution is 2.66. The Morgan fingerprint density at radius 1 is 0.821 bits per heavy atom. The van der Waals surface area contributed by atoms with Gasteiger partial charge in [0.15, 0.2) is 38.7 Å². The van der Waals surface area contributed by atoms with Gasteiger partial charge in [-0.15, -0.1) is 23.2 Å². The number of phenols is 1. The summed E-state index contributed by atoms with van der Waals surface area (Å²) in [5.41, 5.74) is -4.21. The number of imide groups is 2. The molecule has 1 N–H and O–H groups in total. The molecule has 0 spiro atoms. The summed E-state index contributed by atoms with van der Waals surface area (Å²) >= 11 is 14.2. The third kappa shape index (κ3) is 4.92. The zero-order valence-corrected chi connectivity index (χ0v) is 30.3. The molecule has 0 radical (unpaired) electrons. The van der Waals surface area contributed by atoms with Crippen LogP contribution >= 0.6 is 23.2 Å². The molecule has 3 fully saturated rings. The van der Waals surface area contributed by atoms with Crippen LogP contribution in [-0.2, 0) is 19.2 Å². The molecule has 2 aliphatic heterocycles. The predicted molar refractivity (Wildman–Crippen MR) is 186 cm³/mol. The Morgan fingerprint density at radius 3 is 1.89 bits per heavy atom. The average molecular weight is 824 g/mol. The van der Waals surface area contributed by atoms with E-state index in [4.69, 9.17) is 23.2 Å². The van der Waals surface area contributed by atoms with Crippen LogP contribution in [0.3, 0.4) is 0 Å². The Bertz CT molecular complexity index is 2370. The Balaban J connectivity index is 1.42. The van der Waals surface area contributed by atoms with E-state index in [-0.39, 0.29) is 33.8 Å². The molecule has 6 atom stereocenters. The van der Waals surface area contributed by atoms with Gasteiger partial charge in [0, 0.05) is 32.1 Å². The third-order valence-corrected chi connectivity index (χ3v) is 12.3. The molecule has 1 saturated carbocycles. The van der Waals surface area contributed by atoms with Gasteiger partial charge in [-0.1, -0.05) is 23.8 Å². The minimum absolute atomic E-state index is 0.0503. The number of phenolic OH excluding ortho intramolecular Hbond substituents is 1. The lowest BCUT2D eigenvalue weighted by atomic mass is 9.56. The molecule has 0 bridgehead atoms. The normalized spacial score (nSPS) is 26.9. The van der Waals surface area contributed by atoms with Crippen LogP contribution in [0.4, 0.5) is 50.4 Å². The van der Waals surface area contributed by atoms with Gasteiger partial charge in [0.1, 0.15) is 11.4 Å². The fourth-order valence-corrected chi connectivity index (χ4v) is 9.44. The highest BCUT2D eigenvalue weighted by Gasteiger charge is 2.77. The summed E-state index contributed by atoms with van der Waals surface area (Å²) in [5.74, 6) is -24.0. The fraction of sp³-hybridized carbons (Fsp3) is 0.314. The van der Waals surface area contributed by atoms with Gasteiger partial charge in [-0.05, 0) is 42.9 Å². The van der Waals surface area contributed by atoms with E-state index in [2.05, 4.69) is 0 Å². The number of carbonyl (C=O) groups is 4. The molecule has 3 aromatic carbocycles. The number of alkyl halides is 2. The second kappa shape index (κ2) is 12.7. The second-order valence-corrected chi connectivity index (χ2v) is 15.2. The Hall–Kier alpha value is -5.69. The average Bonchev–Trinajstić information content (AvgIpc) is 3.48. The first kappa shape index (κ1) is 38.6. The fourth-order valence-electron chi connectivity index (χ4n) is 8.51. The number of aromatic hydroxyl groups is 1. The van der Waals surface area contributed by atoms with E-state index in [0.717, 1.165) is 17.0 Å². The van der Waals surface area contributed by atoms with Crippen molar-refractivity contribution in [2.45, 2.75) is 35.4 Å². The number of nitrogens with zero attached hydrogens (tertiary/aromatic N) is 5. The standard InChI is InChI=1S/C35H24Cl2F5N5O9/c1-12-8-13(4-7-20(12)48)22-15-5-6-16-21(31(50)44(30(16)49)14-9-18(46(53)54)28(43(2)3)19(10-14)47(55)56)17(15)11-34(36)32(51)45(33(52)35(22,34)37)29-26(41)24(39)23(38)25(40)27(29)42/h4-5,7-10,16-17,21-22,48H,6,11H2,1-3H3. The number of hydrogen-bond donors (Lipinski definition) is 1. The van der Waals surface area contributed by atoms with E-state index in [1.54, 1.807) is 0 Å². The van der Waals surface area contributed by atoms with E-state index in [1.165, 1.54) is 45.3 Å². The monoisotopic (exact) mass is 823 g/mol. The Labute approximate surface area is 320 Å². The highest BCUT2D eigenvalue weighted by atomic mass is 35.5. The molecule has 21 heteroatoms. The number of nitro benzene ring substituents is 2. The van der Waals surface area contributed by atoms with Crippen molar-refractivity contribution in [1.29, 1.82) is 0 Å². The first-order valence-electron chi connectivity index (χ1n) is 16.4. The van der Waals surface area contributed by atoms with Crippen LogP contribution in [0, 0.1) is 74.0 Å². The van der Waals surface area contributed by atoms with E-state index in [0.29, 0.717) is 4.90 Å². The maximum absolute atomic E-state index is 15.3. The number of fused-ring (bicyclic) bond motifs is 4. The minimum atomic E-state index is -2.83. The van der Waals surface area contributed by atoms with Crippen LogP contribution in [-0.4, -0.2) is 62.4 Å². The number of amides is 4. The lowest BCUT2D eigenvalue weighted by Crippen LogP contribution is -2.60. The number of benzene rings is 3. The van der Waals surface area contributed by atoms with E-state index in [1.807, 2.05) is 0 Å². The number of aryl methyl sites for hydroxylation is 1. The SMILES string of the molecule is Cc1cc(C2C3=CCC4C(=O)N(c5cc([N+](=O)[O-])c(N(C)C)c([N+](=O)[O-])c5)C(=O)C4C3CC3(Cl)C(=O)N(c4c(F)c(F)c(F)c(F)c4F)C(=O)C23Cl)ccc1O. The molecule has 3 aromatic rings. The van der Waals surface area contributed by atoms with Gasteiger partial charge in [0.2, 0.25) is 17.6 Å². The third-order valence-electron chi connectivity index (χ3n) is 10.9. The number of halogens is 7. The predicted octanol–water partition coefficient (Wildman–Crippen LogP) is 6.05. The summed E-state index contributed by atoms with van der Waals surface area (Å²) in [4.78, 5) is 75.3. The van der Waals surface area contributed by atoms with Crippen LogP contribution < -0.4 is 14.7 Å². The van der Waals surface area contributed by atoms with Crippen LogP contribution in [0.5, 0.6) is 5.75 Å². The lowest BCUT2D eigenvalue weighted by molar-refractivity contribution is -0.392. The zero-order chi connectivity index (χ0) is 41.2. The number of hydrogen-bond acceptors (Lipinski definition) is 10. The van der Waals surface area contributed by atoms with Crippen LogP contribution in [0.1, 0.15) is 29.9 Å². The van der Waals surface area contributed by atoms with Gasteiger partial charge in [0.05, 0.1) is 27.4 Å². The summed E-state index contributed by atoms with van der Waals surface area (Å²) in [6.45, 7) is 1.44. The van der Waals surface area contributed by atoms with E-state index >= 15 is 8.78 Å². The molecule has 292 valence electrons. The second-order valence-electron chi connectivity index (χ2n) is 14.0. The van der Waals surface area contributed by atoms with Gasteiger partial charge in [-0.25, -0.2) is 31.8 Å². The minimum Gasteiger partial charge on any atom is -0.508 e. The van der Waals surface area contributed by atoms with Crippen molar-refractivity contribution < 1.29 is 56.1 Å². The first-order valence-corrected chi connectivity index (χ1v) is 17.2. The van der Waals surface area contributed by atoms with E-state index < -0.39 is 131 Å². The van der Waals surface area contributed by atoms with E-state index in [9.17, 15) is 57.7 Å². The summed E-state index contributed by atoms with van der Waals surface area (Å²) < 4.78 is 73.6. The summed E-state index contributed by atoms with van der Waals surface area (Å²) in [5, 5.41) is 34.5. The van der Waals surface area contributed by atoms with Gasteiger partial charge in [-0.2, -0.15) is 0 Å². The molecule has 2 aliphatic carbocycles. The number of anilines is 3. The molecular formula is C35H24Cl2F5N5O9. The summed E-state index contributed by atoms with van der Waals surface area (Å²) in [6, 6.07) is 5.39. The molecule has 4 aliphatic rings. The smallest absolute Gasteiger partial charge is 0.301 e. The highest BCUT2D eigenvalue weighted by molar-refractivity contribution is 6.58. The maximum atomic E-state index is 15.3. The Morgan fingerprint density at radius 2 is 1.38 bits per heavy atom. The first-order chi connectivity index (χ1) is 26.1. The van der Waals surface area contributed by atoms with Gasteiger partial charge >= 0.3 is 11.4 Å². The van der Waals surface area contributed by atoms with Crippen molar-refractivity contribution in [3.63, 3.8) is 0 Å². The van der Waals surface area contributed by atoms with Crippen LogP contribution in [0.2, 0.25) is 0 Å². The van der Waals surface area contributed by atoms with Crippen molar-refractivity contribution in [3.05, 3.63) is 102 Å². The van der Waals surface area contributed by atoms with Gasteiger partial charge in [-0.3, -0.25) is 39.4 Å². The molecule has 14 nitrogen and oxygen atoms in total. The largest absolute Gasteiger partial charge is 0.508 e. The number of rotatable bonds is 6. The van der Waals surface area contributed by atoms with Gasteiger partial charge < -0.3 is 10.0 Å². The number of allylic oxidation sites excluding steroid dienone is 2. The van der Waals surface area contributed by atoms with Crippen molar-refractivity contribution in [2.24, 2.45) is 17.8 Å². The number of nitro groups is 2. The molecular weight excluding hydrogens is 800 g/mol. The summed E-state index contributed by atoms with van der Waals surface area (Å²) in [7, 11) is 2.61. The van der Waals surface area contributed by atoms with Crippen LogP contribution in [0.25, 0.3) is 0 Å². The Kier molecular flexibility index (Phi) is 8.73. The quantitative estimate of drug-likeness (QED) is 0.0449. The number of carbonyl (C=O) groups excluding carboxylic acids is 4. The molecule has 7 rings (SSSR count).